The summed E-state index contributed by atoms with van der Waals surface area (Å²) in [4.78, 5) is 21.9. The molecule has 1 N–H and O–H groups in total. The van der Waals surface area contributed by atoms with Gasteiger partial charge in [0.15, 0.2) is 5.82 Å². The molecule has 1 amide bonds. The highest BCUT2D eigenvalue weighted by Crippen LogP contribution is 2.46. The van der Waals surface area contributed by atoms with Gasteiger partial charge in [-0.05, 0) is 26.0 Å². The van der Waals surface area contributed by atoms with Crippen LogP contribution in [0.1, 0.15) is 38.3 Å². The Balaban J connectivity index is 1.93. The van der Waals surface area contributed by atoms with Gasteiger partial charge < -0.3 is 9.88 Å². The van der Waals surface area contributed by atoms with Crippen LogP contribution in [0.4, 0.5) is 0 Å². The van der Waals surface area contributed by atoms with Crippen molar-refractivity contribution in [3.05, 3.63) is 30.1 Å². The van der Waals surface area contributed by atoms with Gasteiger partial charge in [-0.15, -0.1) is 0 Å². The van der Waals surface area contributed by atoms with Gasteiger partial charge in [0.05, 0.1) is 11.0 Å². The Hall–Kier alpha value is -1.84. The molecule has 0 radical (unpaired) electrons. The maximum atomic E-state index is 12.5. The lowest BCUT2D eigenvalue weighted by Crippen LogP contribution is -2.70. The molecule has 2 aromatic rings. The number of aromatic amines is 1. The van der Waals surface area contributed by atoms with Crippen LogP contribution in [0.3, 0.4) is 0 Å². The minimum Gasteiger partial charge on any atom is -0.334 e. The van der Waals surface area contributed by atoms with Crippen molar-refractivity contribution in [2.75, 3.05) is 6.54 Å². The quantitative estimate of drug-likeness (QED) is 0.854. The zero-order chi connectivity index (χ0) is 13.8. The average Bonchev–Trinajstić information content (AvgIpc) is 2.79. The normalized spacial score (nSPS) is 20.3. The molecular formula is C15H19N3O. The van der Waals surface area contributed by atoms with Crippen LogP contribution in [0, 0.1) is 5.41 Å². The van der Waals surface area contributed by atoms with E-state index in [-0.39, 0.29) is 16.9 Å². The smallest absolute Gasteiger partial charge is 0.290 e. The van der Waals surface area contributed by atoms with Crippen molar-refractivity contribution >= 4 is 16.9 Å². The molecular weight excluding hydrogens is 238 g/mol. The number of nitrogens with one attached hydrogen (secondary N) is 1. The van der Waals surface area contributed by atoms with Crippen LogP contribution >= 0.6 is 0 Å². The summed E-state index contributed by atoms with van der Waals surface area (Å²) >= 11 is 0. The summed E-state index contributed by atoms with van der Waals surface area (Å²) in [5, 5.41) is 0. The van der Waals surface area contributed by atoms with E-state index in [4.69, 9.17) is 0 Å². The van der Waals surface area contributed by atoms with Crippen LogP contribution in [0.15, 0.2) is 24.3 Å². The molecule has 2 heterocycles. The minimum absolute atomic E-state index is 0.0134. The van der Waals surface area contributed by atoms with Crippen molar-refractivity contribution in [3.8, 4) is 0 Å². The molecule has 4 heteroatoms. The van der Waals surface area contributed by atoms with E-state index in [2.05, 4.69) is 37.7 Å². The van der Waals surface area contributed by atoms with E-state index >= 15 is 0 Å². The second-order valence-electron chi connectivity index (χ2n) is 6.44. The molecule has 4 nitrogen and oxygen atoms in total. The fourth-order valence-electron chi connectivity index (χ4n) is 2.57. The number of hydrogen-bond acceptors (Lipinski definition) is 2. The molecule has 1 saturated heterocycles. The van der Waals surface area contributed by atoms with Crippen LogP contribution < -0.4 is 0 Å². The molecule has 1 aliphatic heterocycles. The lowest BCUT2D eigenvalue weighted by atomic mass is 9.65. The second kappa shape index (κ2) is 3.59. The molecule has 19 heavy (non-hydrogen) atoms. The molecule has 0 spiro atoms. The summed E-state index contributed by atoms with van der Waals surface area (Å²) < 4.78 is 0. The van der Waals surface area contributed by atoms with E-state index in [1.165, 1.54) is 0 Å². The lowest BCUT2D eigenvalue weighted by molar-refractivity contribution is -0.0886. The number of likely N-dealkylation sites (tertiary alicyclic amines) is 1. The molecule has 0 bridgehead atoms. The first-order valence-electron chi connectivity index (χ1n) is 6.60. The van der Waals surface area contributed by atoms with E-state index in [9.17, 15) is 4.79 Å². The van der Waals surface area contributed by atoms with Crippen LogP contribution in [-0.4, -0.2) is 32.9 Å². The number of amides is 1. The topological polar surface area (TPSA) is 49.0 Å². The highest BCUT2D eigenvalue weighted by molar-refractivity contribution is 5.95. The Bertz CT molecular complexity index is 621. The van der Waals surface area contributed by atoms with Gasteiger partial charge in [-0.25, -0.2) is 4.98 Å². The zero-order valence-electron chi connectivity index (χ0n) is 11.8. The fourth-order valence-corrected chi connectivity index (χ4v) is 2.57. The second-order valence-corrected chi connectivity index (χ2v) is 6.44. The Morgan fingerprint density at radius 2 is 1.95 bits per heavy atom. The molecule has 1 aromatic carbocycles. The number of H-pyrrole nitrogens is 1. The van der Waals surface area contributed by atoms with Crippen molar-refractivity contribution < 1.29 is 4.79 Å². The van der Waals surface area contributed by atoms with Crippen molar-refractivity contribution in [2.45, 2.75) is 33.2 Å². The van der Waals surface area contributed by atoms with Crippen molar-refractivity contribution in [2.24, 2.45) is 5.41 Å². The Kier molecular flexibility index (Phi) is 2.31. The monoisotopic (exact) mass is 257 g/mol. The number of rotatable bonds is 1. The van der Waals surface area contributed by atoms with E-state index in [0.29, 0.717) is 5.82 Å². The van der Waals surface area contributed by atoms with Crippen molar-refractivity contribution in [1.29, 1.82) is 0 Å². The predicted molar refractivity (Wildman–Crippen MR) is 75.0 cm³/mol. The predicted octanol–water partition coefficient (Wildman–Crippen LogP) is 2.82. The Morgan fingerprint density at radius 3 is 2.53 bits per heavy atom. The van der Waals surface area contributed by atoms with Crippen molar-refractivity contribution in [3.63, 3.8) is 0 Å². The maximum absolute atomic E-state index is 12.5. The molecule has 0 unspecified atom stereocenters. The number of fused-ring (bicyclic) bond motifs is 1. The average molecular weight is 257 g/mol. The molecule has 0 atom stereocenters. The molecule has 3 rings (SSSR count). The number of benzene rings is 1. The third-order valence-electron chi connectivity index (χ3n) is 4.72. The lowest BCUT2D eigenvalue weighted by Gasteiger charge is -2.61. The zero-order valence-corrected chi connectivity index (χ0v) is 11.8. The van der Waals surface area contributed by atoms with Gasteiger partial charge in [0.2, 0.25) is 0 Å². The maximum Gasteiger partial charge on any atom is 0.290 e. The van der Waals surface area contributed by atoms with E-state index in [1.54, 1.807) is 0 Å². The molecule has 1 aliphatic rings. The van der Waals surface area contributed by atoms with Gasteiger partial charge in [0.25, 0.3) is 5.91 Å². The van der Waals surface area contributed by atoms with Crippen LogP contribution in [0.25, 0.3) is 11.0 Å². The molecule has 100 valence electrons. The van der Waals surface area contributed by atoms with Crippen LogP contribution in [0.5, 0.6) is 0 Å². The number of para-hydroxylation sites is 2. The van der Waals surface area contributed by atoms with Gasteiger partial charge in [0.1, 0.15) is 0 Å². The SMILES string of the molecule is CC1(C)CN(C(=O)c2nc3ccccc3[nH]2)C1(C)C. The third-order valence-corrected chi connectivity index (χ3v) is 4.72. The van der Waals surface area contributed by atoms with Gasteiger partial charge in [-0.2, -0.15) is 0 Å². The fraction of sp³-hybridized carbons (Fsp3) is 0.467. The molecule has 0 saturated carbocycles. The first-order chi connectivity index (χ1) is 8.83. The van der Waals surface area contributed by atoms with E-state index in [0.717, 1.165) is 17.6 Å². The Labute approximate surface area is 112 Å². The highest BCUT2D eigenvalue weighted by atomic mass is 16.2. The summed E-state index contributed by atoms with van der Waals surface area (Å²) in [6.07, 6.45) is 0. The highest BCUT2D eigenvalue weighted by Gasteiger charge is 2.55. The third kappa shape index (κ3) is 1.59. The number of carbonyl (C=O) groups is 1. The number of hydrogen-bond donors (Lipinski definition) is 1. The minimum atomic E-state index is -0.136. The largest absolute Gasteiger partial charge is 0.334 e. The van der Waals surface area contributed by atoms with Gasteiger partial charge in [-0.3, -0.25) is 4.79 Å². The van der Waals surface area contributed by atoms with E-state index < -0.39 is 0 Å². The van der Waals surface area contributed by atoms with Gasteiger partial charge >= 0.3 is 0 Å². The van der Waals surface area contributed by atoms with Gasteiger partial charge in [0, 0.05) is 17.5 Å². The summed E-state index contributed by atoms with van der Waals surface area (Å²) in [6, 6.07) is 7.71. The molecule has 0 aliphatic carbocycles. The van der Waals surface area contributed by atoms with Gasteiger partial charge in [-0.1, -0.05) is 26.0 Å². The standard InChI is InChI=1S/C15H19N3O/c1-14(2)9-18(15(14,3)4)13(19)12-16-10-7-5-6-8-11(10)17-12/h5-8H,9H2,1-4H3,(H,16,17). The number of imidazole rings is 1. The molecule has 1 fully saturated rings. The van der Waals surface area contributed by atoms with Crippen LogP contribution in [-0.2, 0) is 0 Å². The summed E-state index contributed by atoms with van der Waals surface area (Å²) in [7, 11) is 0. The molecule has 1 aromatic heterocycles. The van der Waals surface area contributed by atoms with Crippen molar-refractivity contribution in [1.82, 2.24) is 14.9 Å². The van der Waals surface area contributed by atoms with Crippen LogP contribution in [0.2, 0.25) is 0 Å². The summed E-state index contributed by atoms with van der Waals surface area (Å²) in [5.74, 6) is 0.422. The number of nitrogens with zero attached hydrogens (tertiary/aromatic N) is 2. The first kappa shape index (κ1) is 12.2. The summed E-state index contributed by atoms with van der Waals surface area (Å²) in [6.45, 7) is 9.37. The number of carbonyl (C=O) groups excluding carboxylic acids is 1. The number of aromatic nitrogens is 2. The first-order valence-corrected chi connectivity index (χ1v) is 6.60. The summed E-state index contributed by atoms with van der Waals surface area (Å²) in [5.41, 5.74) is 1.75. The van der Waals surface area contributed by atoms with E-state index in [1.807, 2.05) is 29.2 Å². The Morgan fingerprint density at radius 1 is 1.26 bits per heavy atom.